The van der Waals surface area contributed by atoms with Gasteiger partial charge in [0.2, 0.25) is 11.8 Å². The summed E-state index contributed by atoms with van der Waals surface area (Å²) < 4.78 is 19.9. The molecule has 0 saturated heterocycles. The number of aromatic amines is 1. The van der Waals surface area contributed by atoms with Gasteiger partial charge in [0.25, 0.3) is 0 Å². The first-order valence-electron chi connectivity index (χ1n) is 7.76. The Balaban J connectivity index is 1.97. The number of aromatic nitrogens is 2. The van der Waals surface area contributed by atoms with Crippen molar-refractivity contribution in [3.8, 4) is 23.2 Å². The second-order valence-corrected chi connectivity index (χ2v) is 6.21. The van der Waals surface area contributed by atoms with Crippen molar-refractivity contribution >= 4 is 11.6 Å². The molecule has 0 spiro atoms. The van der Waals surface area contributed by atoms with Crippen LogP contribution in [0.5, 0.6) is 5.88 Å². The molecule has 3 aromatic rings. The number of nitrogens with two attached hydrogens (primary N) is 1. The molecule has 128 valence electrons. The highest BCUT2D eigenvalue weighted by Gasteiger charge is 2.36. The molecule has 5 nitrogen and oxygen atoms in total. The molecule has 7 heteroatoms. The summed E-state index contributed by atoms with van der Waals surface area (Å²) in [6.07, 6.45) is 0. The van der Waals surface area contributed by atoms with Gasteiger partial charge >= 0.3 is 0 Å². The van der Waals surface area contributed by atoms with Crippen LogP contribution < -0.4 is 10.5 Å². The number of halogens is 2. The lowest BCUT2D eigenvalue weighted by atomic mass is 9.83. The predicted molar refractivity (Wildman–Crippen MR) is 94.7 cm³/mol. The number of nitrogens with zero attached hydrogens (tertiary/aromatic N) is 2. The fourth-order valence-corrected chi connectivity index (χ4v) is 3.23. The molecule has 3 N–H and O–H groups in total. The first kappa shape index (κ1) is 16.2. The maximum Gasteiger partial charge on any atom is 0.244 e. The Bertz CT molecular complexity index is 1070. The van der Waals surface area contributed by atoms with E-state index in [-0.39, 0.29) is 17.3 Å². The Labute approximate surface area is 153 Å². The van der Waals surface area contributed by atoms with E-state index in [4.69, 9.17) is 22.1 Å². The first-order valence-corrected chi connectivity index (χ1v) is 8.14. The summed E-state index contributed by atoms with van der Waals surface area (Å²) in [4.78, 5) is 0. The van der Waals surface area contributed by atoms with Gasteiger partial charge in [-0.25, -0.2) is 4.39 Å². The van der Waals surface area contributed by atoms with E-state index >= 15 is 0 Å². The van der Waals surface area contributed by atoms with Gasteiger partial charge in [-0.15, -0.1) is 5.10 Å². The predicted octanol–water partition coefficient (Wildman–Crippen LogP) is 4.09. The molecule has 2 aromatic carbocycles. The quantitative estimate of drug-likeness (QED) is 0.715. The minimum atomic E-state index is -0.547. The van der Waals surface area contributed by atoms with E-state index in [9.17, 15) is 9.65 Å². The smallest absolute Gasteiger partial charge is 0.244 e. The van der Waals surface area contributed by atoms with Crippen LogP contribution in [-0.4, -0.2) is 10.2 Å². The van der Waals surface area contributed by atoms with E-state index in [0.29, 0.717) is 21.8 Å². The Morgan fingerprint density at radius 2 is 1.92 bits per heavy atom. The number of hydrogen-bond acceptors (Lipinski definition) is 4. The van der Waals surface area contributed by atoms with Crippen molar-refractivity contribution in [2.24, 2.45) is 5.73 Å². The number of hydrogen-bond donors (Lipinski definition) is 2. The standard InChI is InChI=1S/C19H12ClFN4O/c20-11-7-5-10(6-8-11)15-13(9-22)18(23)26-19-16(15)17(24-25-19)12-3-1-2-4-14(12)21/h1-8,15H,23H2,(H,24,25). The molecule has 26 heavy (non-hydrogen) atoms. The van der Waals surface area contributed by atoms with Crippen molar-refractivity contribution in [1.29, 1.82) is 5.26 Å². The van der Waals surface area contributed by atoms with Crippen LogP contribution in [0.2, 0.25) is 5.02 Å². The summed E-state index contributed by atoms with van der Waals surface area (Å²) in [6.45, 7) is 0. The molecule has 1 unspecified atom stereocenters. The van der Waals surface area contributed by atoms with Gasteiger partial charge in [-0.3, -0.25) is 5.10 Å². The molecule has 1 atom stereocenters. The Morgan fingerprint density at radius 1 is 1.19 bits per heavy atom. The summed E-state index contributed by atoms with van der Waals surface area (Å²) in [6, 6.07) is 15.5. The van der Waals surface area contributed by atoms with Gasteiger partial charge in [-0.05, 0) is 29.8 Å². The SMILES string of the molecule is N#CC1=C(N)Oc2n[nH]c(-c3ccccc3F)c2C1c1ccc(Cl)cc1. The van der Waals surface area contributed by atoms with Crippen LogP contribution >= 0.6 is 11.6 Å². The lowest BCUT2D eigenvalue weighted by molar-refractivity contribution is 0.379. The van der Waals surface area contributed by atoms with Crippen molar-refractivity contribution < 1.29 is 9.13 Å². The molecule has 0 radical (unpaired) electrons. The molecular weight excluding hydrogens is 355 g/mol. The summed E-state index contributed by atoms with van der Waals surface area (Å²) in [5, 5.41) is 17.1. The highest BCUT2D eigenvalue weighted by atomic mass is 35.5. The molecule has 0 amide bonds. The second-order valence-electron chi connectivity index (χ2n) is 5.77. The highest BCUT2D eigenvalue weighted by molar-refractivity contribution is 6.30. The van der Waals surface area contributed by atoms with Crippen LogP contribution in [-0.2, 0) is 0 Å². The van der Waals surface area contributed by atoms with Gasteiger partial charge in [0.15, 0.2) is 0 Å². The van der Waals surface area contributed by atoms with Crippen LogP contribution in [0.15, 0.2) is 60.0 Å². The van der Waals surface area contributed by atoms with Crippen LogP contribution in [0.25, 0.3) is 11.3 Å². The topological polar surface area (TPSA) is 87.7 Å². The van der Waals surface area contributed by atoms with E-state index in [1.54, 1.807) is 42.5 Å². The third kappa shape index (κ3) is 2.50. The van der Waals surface area contributed by atoms with Gasteiger partial charge in [-0.2, -0.15) is 5.26 Å². The summed E-state index contributed by atoms with van der Waals surface area (Å²) in [5.41, 5.74) is 8.27. The lowest BCUT2D eigenvalue weighted by Crippen LogP contribution is -2.21. The zero-order valence-electron chi connectivity index (χ0n) is 13.3. The number of H-pyrrole nitrogens is 1. The fraction of sp³-hybridized carbons (Fsp3) is 0.0526. The number of rotatable bonds is 2. The summed E-state index contributed by atoms with van der Waals surface area (Å²) in [7, 11) is 0. The van der Waals surface area contributed by atoms with Crippen molar-refractivity contribution in [3.63, 3.8) is 0 Å². The third-order valence-corrected chi connectivity index (χ3v) is 4.54. The molecule has 1 aliphatic rings. The third-order valence-electron chi connectivity index (χ3n) is 4.29. The molecular formula is C19H12ClFN4O. The van der Waals surface area contributed by atoms with Gasteiger partial charge in [0.05, 0.1) is 17.2 Å². The number of benzene rings is 2. The monoisotopic (exact) mass is 366 g/mol. The minimum Gasteiger partial charge on any atom is -0.420 e. The van der Waals surface area contributed by atoms with Crippen molar-refractivity contribution in [1.82, 2.24) is 10.2 Å². The number of nitriles is 1. The Hall–Kier alpha value is -3.30. The number of nitrogens with one attached hydrogen (secondary N) is 1. The van der Waals surface area contributed by atoms with Gasteiger partial charge in [0.1, 0.15) is 17.5 Å². The largest absolute Gasteiger partial charge is 0.420 e. The van der Waals surface area contributed by atoms with E-state index in [0.717, 1.165) is 5.56 Å². The molecule has 4 rings (SSSR count). The van der Waals surface area contributed by atoms with E-state index in [1.807, 2.05) is 0 Å². The van der Waals surface area contributed by atoms with E-state index in [1.165, 1.54) is 6.07 Å². The molecule has 1 aromatic heterocycles. The second kappa shape index (κ2) is 6.21. The van der Waals surface area contributed by atoms with Crippen molar-refractivity contribution in [3.05, 3.63) is 82.0 Å². The fourth-order valence-electron chi connectivity index (χ4n) is 3.10. The normalized spacial score (nSPS) is 16.0. The number of ether oxygens (including phenoxy) is 1. The molecule has 0 fully saturated rings. The maximum atomic E-state index is 14.4. The molecule has 1 aliphatic heterocycles. The van der Waals surface area contributed by atoms with Gasteiger partial charge in [0, 0.05) is 10.6 Å². The van der Waals surface area contributed by atoms with Gasteiger partial charge in [-0.1, -0.05) is 35.9 Å². The number of allylic oxidation sites excluding steroid dienone is 1. The molecule has 0 bridgehead atoms. The molecule has 0 saturated carbocycles. The average molecular weight is 367 g/mol. The van der Waals surface area contributed by atoms with Crippen LogP contribution in [0.3, 0.4) is 0 Å². The van der Waals surface area contributed by atoms with Crippen LogP contribution in [0, 0.1) is 17.1 Å². The van der Waals surface area contributed by atoms with Crippen LogP contribution in [0.1, 0.15) is 17.0 Å². The average Bonchev–Trinajstić information content (AvgIpc) is 3.05. The molecule has 0 aliphatic carbocycles. The van der Waals surface area contributed by atoms with E-state index in [2.05, 4.69) is 16.3 Å². The highest BCUT2D eigenvalue weighted by Crippen LogP contribution is 2.46. The van der Waals surface area contributed by atoms with Crippen molar-refractivity contribution in [2.75, 3.05) is 0 Å². The van der Waals surface area contributed by atoms with Crippen LogP contribution in [0.4, 0.5) is 4.39 Å². The summed E-state index contributed by atoms with van der Waals surface area (Å²) in [5.74, 6) is -0.754. The van der Waals surface area contributed by atoms with Crippen molar-refractivity contribution in [2.45, 2.75) is 5.92 Å². The Kier molecular flexibility index (Phi) is 3.86. The Morgan fingerprint density at radius 3 is 2.62 bits per heavy atom. The van der Waals surface area contributed by atoms with E-state index < -0.39 is 11.7 Å². The maximum absolute atomic E-state index is 14.4. The lowest BCUT2D eigenvalue weighted by Gasteiger charge is -2.24. The summed E-state index contributed by atoms with van der Waals surface area (Å²) >= 11 is 5.98. The zero-order valence-corrected chi connectivity index (χ0v) is 14.1. The number of fused-ring (bicyclic) bond motifs is 1. The van der Waals surface area contributed by atoms with Gasteiger partial charge < -0.3 is 10.5 Å². The first-order chi connectivity index (χ1) is 12.6. The molecule has 2 heterocycles. The minimum absolute atomic E-state index is 0.0217. The zero-order chi connectivity index (χ0) is 18.3.